The summed E-state index contributed by atoms with van der Waals surface area (Å²) >= 11 is 0. The number of aliphatic hydroxyl groups is 2. The molecule has 1 saturated heterocycles. The predicted molar refractivity (Wildman–Crippen MR) is 92.4 cm³/mol. The number of esters is 1. The van der Waals surface area contributed by atoms with Crippen LogP contribution >= 0.6 is 7.82 Å². The first-order chi connectivity index (χ1) is 14.1. The van der Waals surface area contributed by atoms with E-state index in [0.717, 1.165) is 6.33 Å². The third kappa shape index (κ3) is 4.89. The van der Waals surface area contributed by atoms with Crippen LogP contribution < -0.4 is 5.56 Å². The van der Waals surface area contributed by atoms with Crippen LogP contribution in [0.15, 0.2) is 17.4 Å². The van der Waals surface area contributed by atoms with Crippen LogP contribution in [0.2, 0.25) is 0 Å². The van der Waals surface area contributed by atoms with E-state index in [-0.39, 0.29) is 11.2 Å². The van der Waals surface area contributed by atoms with Crippen LogP contribution in [-0.4, -0.2) is 76.4 Å². The molecule has 4 atom stereocenters. The van der Waals surface area contributed by atoms with E-state index >= 15 is 0 Å². The minimum atomic E-state index is -5.00. The summed E-state index contributed by atoms with van der Waals surface area (Å²) in [5.41, 5.74) is -0.398. The van der Waals surface area contributed by atoms with Crippen molar-refractivity contribution < 1.29 is 48.2 Å². The molecule has 0 bridgehead atoms. The molecule has 15 nitrogen and oxygen atoms in total. The lowest BCUT2D eigenvalue weighted by atomic mass is 10.1. The number of hydrogen-bond donors (Lipinski definition) is 5. The second kappa shape index (κ2) is 8.59. The Hall–Kier alpha value is -2.68. The Morgan fingerprint density at radius 1 is 1.20 bits per heavy atom. The molecule has 5 N–H and O–H groups in total. The van der Waals surface area contributed by atoms with E-state index < -0.39 is 69.3 Å². The summed E-state index contributed by atoms with van der Waals surface area (Å²) in [4.78, 5) is 61.8. The van der Waals surface area contributed by atoms with E-state index in [0.29, 0.717) is 0 Å². The van der Waals surface area contributed by atoms with Crippen LogP contribution in [0, 0.1) is 0 Å². The fraction of sp³-hybridized carbons (Fsp3) is 0.500. The van der Waals surface area contributed by atoms with Crippen molar-refractivity contribution in [3.63, 3.8) is 0 Å². The van der Waals surface area contributed by atoms with Crippen LogP contribution in [0.1, 0.15) is 19.1 Å². The number of ether oxygens (including phenoxy) is 2. The molecule has 0 spiro atoms. The third-order valence-electron chi connectivity index (χ3n) is 4.14. The predicted octanol–water partition coefficient (Wildman–Crippen LogP) is -2.30. The van der Waals surface area contributed by atoms with Gasteiger partial charge in [-0.25, -0.2) is 14.5 Å². The first-order valence-corrected chi connectivity index (χ1v) is 9.95. The molecular formula is C14H17N4O11P. The molecule has 3 heterocycles. The van der Waals surface area contributed by atoms with Gasteiger partial charge in [0, 0.05) is 0 Å². The molecule has 0 unspecified atom stereocenters. The molecule has 3 rings (SSSR count). The summed E-state index contributed by atoms with van der Waals surface area (Å²) in [6.45, 7) is -0.484. The van der Waals surface area contributed by atoms with Gasteiger partial charge in [-0.15, -0.1) is 0 Å². The molecule has 30 heavy (non-hydrogen) atoms. The SMILES string of the molecule is O=C(CCC(=O)OP(=O)(O)O)OC[C@H]1O[C@@H](n2cnc3c(=O)[nH]cnc32)[C@H](O)[C@@H]1O. The number of carbonyl (C=O) groups is 2. The molecule has 0 aliphatic carbocycles. The van der Waals surface area contributed by atoms with E-state index in [1.165, 1.54) is 10.9 Å². The van der Waals surface area contributed by atoms with E-state index in [4.69, 9.17) is 19.3 Å². The molecule has 16 heteroatoms. The summed E-state index contributed by atoms with van der Waals surface area (Å²) < 4.78 is 25.9. The van der Waals surface area contributed by atoms with Gasteiger partial charge in [-0.2, -0.15) is 0 Å². The van der Waals surface area contributed by atoms with Crippen molar-refractivity contribution in [3.8, 4) is 0 Å². The first-order valence-electron chi connectivity index (χ1n) is 8.42. The molecular weight excluding hydrogens is 431 g/mol. The summed E-state index contributed by atoms with van der Waals surface area (Å²) in [6.07, 6.45) is -4.05. The Kier molecular flexibility index (Phi) is 6.30. The quantitative estimate of drug-likeness (QED) is 0.222. The van der Waals surface area contributed by atoms with Gasteiger partial charge in [0.2, 0.25) is 0 Å². The molecule has 164 valence electrons. The van der Waals surface area contributed by atoms with Gasteiger partial charge in [0.15, 0.2) is 17.4 Å². The minimum Gasteiger partial charge on any atom is -0.463 e. The number of aliphatic hydroxyl groups excluding tert-OH is 2. The zero-order chi connectivity index (χ0) is 22.1. The number of nitrogens with zero attached hydrogens (tertiary/aromatic N) is 3. The van der Waals surface area contributed by atoms with Gasteiger partial charge in [0.25, 0.3) is 5.56 Å². The normalized spacial score (nSPS) is 24.1. The lowest BCUT2D eigenvalue weighted by Gasteiger charge is -2.16. The van der Waals surface area contributed by atoms with Crippen molar-refractivity contribution in [2.45, 2.75) is 37.4 Å². The third-order valence-corrected chi connectivity index (χ3v) is 4.58. The minimum absolute atomic E-state index is 0.000130. The van der Waals surface area contributed by atoms with Crippen molar-refractivity contribution in [3.05, 3.63) is 23.0 Å². The number of imidazole rings is 1. The number of aromatic amines is 1. The highest BCUT2D eigenvalue weighted by Gasteiger charge is 2.45. The summed E-state index contributed by atoms with van der Waals surface area (Å²) in [7, 11) is -5.00. The van der Waals surface area contributed by atoms with Gasteiger partial charge >= 0.3 is 19.8 Å². The summed E-state index contributed by atoms with van der Waals surface area (Å²) in [6, 6.07) is 0. The molecule has 1 aliphatic rings. The van der Waals surface area contributed by atoms with Gasteiger partial charge in [0.05, 0.1) is 25.5 Å². The van der Waals surface area contributed by atoms with Crippen LogP contribution in [-0.2, 0) is 28.2 Å². The monoisotopic (exact) mass is 448 g/mol. The maximum absolute atomic E-state index is 11.7. The fourth-order valence-electron chi connectivity index (χ4n) is 2.78. The van der Waals surface area contributed by atoms with Gasteiger partial charge in [-0.1, -0.05) is 0 Å². The lowest BCUT2D eigenvalue weighted by Crippen LogP contribution is -2.34. The molecule has 2 aromatic rings. The Morgan fingerprint density at radius 3 is 2.60 bits per heavy atom. The number of phosphoric acid groups is 1. The maximum atomic E-state index is 11.7. The summed E-state index contributed by atoms with van der Waals surface area (Å²) in [5.74, 6) is -2.21. The Morgan fingerprint density at radius 2 is 1.90 bits per heavy atom. The zero-order valence-corrected chi connectivity index (χ0v) is 15.9. The largest absolute Gasteiger partial charge is 0.526 e. The van der Waals surface area contributed by atoms with Crippen LogP contribution in [0.5, 0.6) is 0 Å². The lowest BCUT2D eigenvalue weighted by molar-refractivity contribution is -0.152. The van der Waals surface area contributed by atoms with Crippen molar-refractivity contribution >= 4 is 30.9 Å². The van der Waals surface area contributed by atoms with Crippen molar-refractivity contribution in [2.24, 2.45) is 0 Å². The van der Waals surface area contributed by atoms with Gasteiger partial charge in [-0.3, -0.25) is 28.7 Å². The van der Waals surface area contributed by atoms with E-state index in [9.17, 15) is 29.2 Å². The highest BCUT2D eigenvalue weighted by molar-refractivity contribution is 7.46. The molecule has 1 aliphatic heterocycles. The number of aromatic nitrogens is 4. The average Bonchev–Trinajstić information content (AvgIpc) is 3.20. The van der Waals surface area contributed by atoms with Crippen LogP contribution in [0.3, 0.4) is 0 Å². The summed E-state index contributed by atoms with van der Waals surface area (Å²) in [5, 5.41) is 20.4. The van der Waals surface area contributed by atoms with Gasteiger partial charge in [-0.05, 0) is 0 Å². The molecule has 1 fully saturated rings. The van der Waals surface area contributed by atoms with Crippen molar-refractivity contribution in [2.75, 3.05) is 6.61 Å². The molecule has 0 radical (unpaired) electrons. The highest BCUT2D eigenvalue weighted by atomic mass is 31.2. The average molecular weight is 448 g/mol. The van der Waals surface area contributed by atoms with Crippen molar-refractivity contribution in [1.29, 1.82) is 0 Å². The van der Waals surface area contributed by atoms with E-state index in [1.807, 2.05) is 0 Å². The first kappa shape index (κ1) is 22.0. The fourth-order valence-corrected chi connectivity index (χ4v) is 3.13. The molecule has 0 aromatic carbocycles. The molecule has 0 amide bonds. The van der Waals surface area contributed by atoms with Crippen LogP contribution in [0.25, 0.3) is 11.2 Å². The topological polar surface area (TPSA) is 223 Å². The maximum Gasteiger partial charge on any atom is 0.526 e. The number of rotatable bonds is 7. The van der Waals surface area contributed by atoms with Crippen LogP contribution in [0.4, 0.5) is 0 Å². The number of fused-ring (bicyclic) bond motifs is 1. The van der Waals surface area contributed by atoms with E-state index in [1.54, 1.807) is 0 Å². The smallest absolute Gasteiger partial charge is 0.463 e. The molecule has 2 aromatic heterocycles. The second-order valence-electron chi connectivity index (χ2n) is 6.24. The number of carbonyl (C=O) groups excluding carboxylic acids is 2. The Labute approximate surface area is 166 Å². The van der Waals surface area contributed by atoms with Crippen molar-refractivity contribution in [1.82, 2.24) is 19.5 Å². The van der Waals surface area contributed by atoms with Gasteiger partial charge in [0.1, 0.15) is 24.9 Å². The molecule has 0 saturated carbocycles. The number of nitrogens with one attached hydrogen (secondary N) is 1. The van der Waals surface area contributed by atoms with E-state index in [2.05, 4.69) is 19.5 Å². The Balaban J connectivity index is 1.57. The Bertz CT molecular complexity index is 1050. The highest BCUT2D eigenvalue weighted by Crippen LogP contribution is 2.36. The number of H-pyrrole nitrogens is 1. The zero-order valence-electron chi connectivity index (χ0n) is 15.0. The number of hydrogen-bond acceptors (Lipinski definition) is 11. The van der Waals surface area contributed by atoms with Gasteiger partial charge < -0.3 is 29.2 Å². The number of phosphoric ester groups is 1. The second-order valence-corrected chi connectivity index (χ2v) is 7.40. The standard InChI is InChI=1S/C14H17N4O11P/c19-7(1-2-8(20)29-30(24,25)26)27-3-6-10(21)11(22)14(28-6)18-5-17-9-12(18)15-4-16-13(9)23/h4-6,10-11,14,21-22H,1-3H2,(H,15,16,23)(H2,24,25,26)/t6-,10-,11-,14-/m1/s1.